The summed E-state index contributed by atoms with van der Waals surface area (Å²) < 4.78 is 3.98. The lowest BCUT2D eigenvalue weighted by atomic mass is 10.3. The Balaban J connectivity index is 2.56. The van der Waals surface area contributed by atoms with Crippen molar-refractivity contribution in [2.45, 2.75) is 0 Å². The fraction of sp³-hybridized carbons (Fsp3) is 0. The first kappa shape index (κ1) is 9.30. The van der Waals surface area contributed by atoms with Crippen molar-refractivity contribution in [3.63, 3.8) is 0 Å². The van der Waals surface area contributed by atoms with Crippen LogP contribution in [0, 0.1) is 0 Å². The van der Waals surface area contributed by atoms with Crippen molar-refractivity contribution >= 4 is 48.7 Å². The first-order valence-electron chi connectivity index (χ1n) is 4.33. The van der Waals surface area contributed by atoms with E-state index in [4.69, 9.17) is 0 Å². The first-order valence-corrected chi connectivity index (χ1v) is 5.92. The molecule has 3 rings (SSSR count). The second kappa shape index (κ2) is 3.28. The van der Waals surface area contributed by atoms with Crippen LogP contribution in [0.1, 0.15) is 0 Å². The van der Waals surface area contributed by atoms with E-state index in [0.29, 0.717) is 0 Å². The summed E-state index contributed by atoms with van der Waals surface area (Å²) in [5, 5.41) is 0. The van der Waals surface area contributed by atoms with E-state index in [1.165, 1.54) is 0 Å². The Morgan fingerprint density at radius 1 is 1.13 bits per heavy atom. The predicted octanol–water partition coefficient (Wildman–Crippen LogP) is 3.41. The Kier molecular flexibility index (Phi) is 2.03. The van der Waals surface area contributed by atoms with E-state index in [1.807, 2.05) is 28.8 Å². The van der Waals surface area contributed by atoms with E-state index in [0.717, 1.165) is 25.8 Å². The maximum absolute atomic E-state index is 4.42. The second-order valence-electron chi connectivity index (χ2n) is 3.16. The molecule has 0 unspecified atom stereocenters. The molecule has 1 aromatic carbocycles. The van der Waals surface area contributed by atoms with E-state index in [2.05, 4.69) is 41.8 Å². The van der Waals surface area contributed by atoms with E-state index < -0.39 is 0 Å². The molecular formula is C10H5Br2N3. The largest absolute Gasteiger partial charge is 0.284 e. The van der Waals surface area contributed by atoms with E-state index >= 15 is 0 Å². The standard InChI is InChI=1S/C10H5Br2N3/c11-6-4-8-9(5-7(6)12)15-3-1-2-13-10(15)14-8/h1-5H. The van der Waals surface area contributed by atoms with Crippen molar-refractivity contribution < 1.29 is 0 Å². The molecule has 0 aliphatic carbocycles. The smallest absolute Gasteiger partial charge is 0.234 e. The molecule has 2 aromatic heterocycles. The van der Waals surface area contributed by atoms with Gasteiger partial charge in [0.2, 0.25) is 5.78 Å². The van der Waals surface area contributed by atoms with Gasteiger partial charge >= 0.3 is 0 Å². The highest BCUT2D eigenvalue weighted by Crippen LogP contribution is 2.28. The Morgan fingerprint density at radius 3 is 2.80 bits per heavy atom. The minimum Gasteiger partial charge on any atom is -0.284 e. The minimum atomic E-state index is 0.720. The second-order valence-corrected chi connectivity index (χ2v) is 4.87. The van der Waals surface area contributed by atoms with Crippen LogP contribution >= 0.6 is 31.9 Å². The average molecular weight is 327 g/mol. The fourth-order valence-corrected chi connectivity index (χ4v) is 2.21. The number of benzene rings is 1. The van der Waals surface area contributed by atoms with Crippen LogP contribution in [0.2, 0.25) is 0 Å². The molecule has 0 amide bonds. The maximum Gasteiger partial charge on any atom is 0.234 e. The Hall–Kier alpha value is -0.940. The quantitative estimate of drug-likeness (QED) is 0.633. The third kappa shape index (κ3) is 1.38. The zero-order chi connectivity index (χ0) is 10.4. The summed E-state index contributed by atoms with van der Waals surface area (Å²) in [5.41, 5.74) is 1.98. The van der Waals surface area contributed by atoms with Crippen LogP contribution in [0.3, 0.4) is 0 Å². The highest BCUT2D eigenvalue weighted by Gasteiger charge is 2.07. The molecule has 0 fully saturated rings. The molecule has 15 heavy (non-hydrogen) atoms. The summed E-state index contributed by atoms with van der Waals surface area (Å²) >= 11 is 6.94. The molecule has 3 nitrogen and oxygen atoms in total. The van der Waals surface area contributed by atoms with Crippen LogP contribution in [-0.4, -0.2) is 14.4 Å². The number of hydrogen-bond acceptors (Lipinski definition) is 2. The molecule has 0 aliphatic rings. The molecule has 0 saturated heterocycles. The highest BCUT2D eigenvalue weighted by atomic mass is 79.9. The fourth-order valence-electron chi connectivity index (χ4n) is 1.55. The number of rotatable bonds is 0. The van der Waals surface area contributed by atoms with Crippen molar-refractivity contribution in [3.8, 4) is 0 Å². The number of fused-ring (bicyclic) bond motifs is 3. The van der Waals surface area contributed by atoms with Gasteiger partial charge in [0.05, 0.1) is 11.0 Å². The molecule has 74 valence electrons. The zero-order valence-corrected chi connectivity index (χ0v) is 10.7. The molecule has 5 heteroatoms. The van der Waals surface area contributed by atoms with Gasteiger partial charge in [-0.1, -0.05) is 0 Å². The van der Waals surface area contributed by atoms with Crippen LogP contribution in [0.15, 0.2) is 39.5 Å². The van der Waals surface area contributed by atoms with Crippen LogP contribution in [0.5, 0.6) is 0 Å². The first-order chi connectivity index (χ1) is 7.25. The van der Waals surface area contributed by atoms with Crippen molar-refractivity contribution in [1.29, 1.82) is 0 Å². The van der Waals surface area contributed by atoms with Crippen LogP contribution in [0.25, 0.3) is 16.8 Å². The summed E-state index contributed by atoms with van der Waals surface area (Å²) in [4.78, 5) is 8.62. The van der Waals surface area contributed by atoms with Crippen LogP contribution in [0.4, 0.5) is 0 Å². The van der Waals surface area contributed by atoms with E-state index in [9.17, 15) is 0 Å². The van der Waals surface area contributed by atoms with Gasteiger partial charge < -0.3 is 0 Å². The van der Waals surface area contributed by atoms with Gasteiger partial charge in [-0.05, 0) is 50.1 Å². The molecule has 0 saturated carbocycles. The van der Waals surface area contributed by atoms with Crippen molar-refractivity contribution in [3.05, 3.63) is 39.5 Å². The van der Waals surface area contributed by atoms with Crippen LogP contribution < -0.4 is 0 Å². The average Bonchev–Trinajstić information content (AvgIpc) is 2.57. The number of hydrogen-bond donors (Lipinski definition) is 0. The van der Waals surface area contributed by atoms with Crippen molar-refractivity contribution in [1.82, 2.24) is 14.4 Å². The Bertz CT molecular complexity index is 660. The topological polar surface area (TPSA) is 30.2 Å². The monoisotopic (exact) mass is 325 g/mol. The minimum absolute atomic E-state index is 0.720. The lowest BCUT2D eigenvalue weighted by Crippen LogP contribution is -1.85. The van der Waals surface area contributed by atoms with Crippen LogP contribution in [-0.2, 0) is 0 Å². The van der Waals surface area contributed by atoms with Gasteiger partial charge in [-0.2, -0.15) is 0 Å². The number of imidazole rings is 1. The van der Waals surface area contributed by atoms with Gasteiger partial charge in [0.25, 0.3) is 0 Å². The van der Waals surface area contributed by atoms with Crippen molar-refractivity contribution in [2.75, 3.05) is 0 Å². The van der Waals surface area contributed by atoms with Gasteiger partial charge in [0, 0.05) is 21.3 Å². The molecule has 0 spiro atoms. The Morgan fingerprint density at radius 2 is 1.93 bits per heavy atom. The van der Waals surface area contributed by atoms with Gasteiger partial charge in [-0.3, -0.25) is 4.40 Å². The summed E-state index contributed by atoms with van der Waals surface area (Å²) in [7, 11) is 0. The summed E-state index contributed by atoms with van der Waals surface area (Å²) in [5.74, 6) is 0.720. The summed E-state index contributed by atoms with van der Waals surface area (Å²) in [6.45, 7) is 0. The van der Waals surface area contributed by atoms with Gasteiger partial charge in [0.15, 0.2) is 0 Å². The van der Waals surface area contributed by atoms with Gasteiger partial charge in [0.1, 0.15) is 0 Å². The highest BCUT2D eigenvalue weighted by molar-refractivity contribution is 9.13. The summed E-state index contributed by atoms with van der Waals surface area (Å²) in [6, 6.07) is 5.90. The van der Waals surface area contributed by atoms with Gasteiger partial charge in [-0.25, -0.2) is 9.97 Å². The number of nitrogens with zero attached hydrogens (tertiary/aromatic N) is 3. The van der Waals surface area contributed by atoms with Crippen molar-refractivity contribution in [2.24, 2.45) is 0 Å². The van der Waals surface area contributed by atoms with E-state index in [-0.39, 0.29) is 0 Å². The number of aromatic nitrogens is 3. The molecule has 2 heterocycles. The lowest BCUT2D eigenvalue weighted by molar-refractivity contribution is 1.13. The molecule has 0 N–H and O–H groups in total. The zero-order valence-electron chi connectivity index (χ0n) is 7.48. The maximum atomic E-state index is 4.42. The van der Waals surface area contributed by atoms with Gasteiger partial charge in [-0.15, -0.1) is 0 Å². The Labute approximate surface area is 102 Å². The molecule has 0 bridgehead atoms. The third-order valence-electron chi connectivity index (χ3n) is 2.22. The molecular weight excluding hydrogens is 322 g/mol. The molecule has 0 aliphatic heterocycles. The SMILES string of the molecule is Brc1cc2nc3ncccn3c2cc1Br. The van der Waals surface area contributed by atoms with E-state index in [1.54, 1.807) is 6.20 Å². The predicted molar refractivity (Wildman–Crippen MR) is 65.9 cm³/mol. The third-order valence-corrected chi connectivity index (χ3v) is 4.07. The number of halogens is 2. The lowest BCUT2D eigenvalue weighted by Gasteiger charge is -1.96. The molecule has 0 radical (unpaired) electrons. The molecule has 0 atom stereocenters. The molecule has 3 aromatic rings. The summed E-state index contributed by atoms with van der Waals surface area (Å²) in [6.07, 6.45) is 3.70. The normalized spacial score (nSPS) is 11.3.